The van der Waals surface area contributed by atoms with Crippen LogP contribution in [-0.2, 0) is 0 Å². The predicted octanol–water partition coefficient (Wildman–Crippen LogP) is -0.0528. The number of benzene rings is 1. The second-order valence-electron chi connectivity index (χ2n) is 2.02. The molecule has 66 valence electrons. The van der Waals surface area contributed by atoms with Gasteiger partial charge in [-0.05, 0) is 12.1 Å². The molecule has 2 nitrogen and oxygen atoms in total. The standard InChI is InChI=1S/C7H3Cl2FO2.K.H/c8-3-1-2-4(10)6(9)5(3)7(11)12;;/h1-2H,(H,11,12);;/q;+1;-1. The third-order valence-corrected chi connectivity index (χ3v) is 1.94. The number of carboxylic acids is 1. The summed E-state index contributed by atoms with van der Waals surface area (Å²) in [5.41, 5.74) is -0.404. The van der Waals surface area contributed by atoms with Gasteiger partial charge in [0.15, 0.2) is 0 Å². The Morgan fingerprint density at radius 3 is 2.38 bits per heavy atom. The van der Waals surface area contributed by atoms with Crippen molar-refractivity contribution in [1.82, 2.24) is 0 Å². The number of carboxylic acid groups (broad SMARTS) is 1. The largest absolute Gasteiger partial charge is 1.00 e. The third-order valence-electron chi connectivity index (χ3n) is 1.26. The monoisotopic (exact) mass is 248 g/mol. The fourth-order valence-corrected chi connectivity index (χ4v) is 1.26. The van der Waals surface area contributed by atoms with Crippen molar-refractivity contribution in [2.24, 2.45) is 0 Å². The summed E-state index contributed by atoms with van der Waals surface area (Å²) in [6.45, 7) is 0. The van der Waals surface area contributed by atoms with E-state index >= 15 is 0 Å². The van der Waals surface area contributed by atoms with Crippen LogP contribution in [0.1, 0.15) is 11.8 Å². The SMILES string of the molecule is O=C(O)c1c(Cl)ccc(F)c1Cl.[H-].[K+]. The summed E-state index contributed by atoms with van der Waals surface area (Å²) < 4.78 is 12.7. The molecule has 0 unspecified atom stereocenters. The molecule has 0 saturated carbocycles. The van der Waals surface area contributed by atoms with Gasteiger partial charge >= 0.3 is 57.4 Å². The van der Waals surface area contributed by atoms with E-state index < -0.39 is 22.4 Å². The van der Waals surface area contributed by atoms with Gasteiger partial charge in [0.1, 0.15) is 5.82 Å². The molecule has 0 amide bonds. The Labute approximate surface area is 128 Å². The number of rotatable bonds is 1. The van der Waals surface area contributed by atoms with Gasteiger partial charge in [0.2, 0.25) is 0 Å². The van der Waals surface area contributed by atoms with Crippen molar-refractivity contribution in [2.75, 3.05) is 0 Å². The summed E-state index contributed by atoms with van der Waals surface area (Å²) in [4.78, 5) is 10.5. The molecule has 0 spiro atoms. The summed E-state index contributed by atoms with van der Waals surface area (Å²) in [5, 5.41) is 8.00. The van der Waals surface area contributed by atoms with E-state index in [-0.39, 0.29) is 57.8 Å². The first-order chi connectivity index (χ1) is 5.54. The summed E-state index contributed by atoms with van der Waals surface area (Å²) >= 11 is 10.8. The zero-order valence-corrected chi connectivity index (χ0v) is 11.3. The second kappa shape index (κ2) is 5.65. The van der Waals surface area contributed by atoms with Crippen LogP contribution >= 0.6 is 23.2 Å². The minimum atomic E-state index is -1.34. The molecular formula is C7H4Cl2FKO2. The van der Waals surface area contributed by atoms with Gasteiger partial charge in [0.05, 0.1) is 15.6 Å². The zero-order valence-electron chi connectivity index (χ0n) is 7.64. The van der Waals surface area contributed by atoms with Gasteiger partial charge in [-0.1, -0.05) is 23.2 Å². The number of hydrogen-bond acceptors (Lipinski definition) is 1. The maximum atomic E-state index is 12.7. The van der Waals surface area contributed by atoms with Crippen LogP contribution in [-0.4, -0.2) is 11.1 Å². The fraction of sp³-hybridized carbons (Fsp3) is 0. The fourth-order valence-electron chi connectivity index (χ4n) is 0.723. The average Bonchev–Trinajstić information content (AvgIpc) is 1.97. The van der Waals surface area contributed by atoms with E-state index in [0.717, 1.165) is 12.1 Å². The molecule has 1 aromatic carbocycles. The molecule has 0 aliphatic heterocycles. The van der Waals surface area contributed by atoms with Gasteiger partial charge in [-0.2, -0.15) is 0 Å². The molecule has 0 saturated heterocycles. The van der Waals surface area contributed by atoms with Crippen molar-refractivity contribution in [3.05, 3.63) is 33.6 Å². The van der Waals surface area contributed by atoms with Crippen LogP contribution in [0.2, 0.25) is 10.0 Å². The quantitative estimate of drug-likeness (QED) is 0.559. The maximum absolute atomic E-state index is 12.7. The Kier molecular flexibility index (Phi) is 6.02. The van der Waals surface area contributed by atoms with E-state index in [1.807, 2.05) is 0 Å². The Morgan fingerprint density at radius 2 is 2.00 bits per heavy atom. The van der Waals surface area contributed by atoms with Crippen molar-refractivity contribution in [2.45, 2.75) is 0 Å². The van der Waals surface area contributed by atoms with Gasteiger partial charge in [0, 0.05) is 0 Å². The average molecular weight is 249 g/mol. The van der Waals surface area contributed by atoms with E-state index in [0.29, 0.717) is 0 Å². The Hall–Kier alpha value is 0.836. The van der Waals surface area contributed by atoms with Crippen LogP contribution in [0, 0.1) is 5.82 Å². The number of aromatic carboxylic acids is 1. The Bertz CT molecular complexity index is 349. The summed E-state index contributed by atoms with van der Waals surface area (Å²) in [7, 11) is 0. The first-order valence-electron chi connectivity index (χ1n) is 2.91. The first kappa shape index (κ1) is 13.8. The van der Waals surface area contributed by atoms with Crippen molar-refractivity contribution in [3.63, 3.8) is 0 Å². The van der Waals surface area contributed by atoms with Crippen LogP contribution in [0.4, 0.5) is 4.39 Å². The molecule has 0 aliphatic rings. The van der Waals surface area contributed by atoms with Gasteiger partial charge < -0.3 is 6.53 Å². The number of carbonyl (C=O) groups is 1. The molecule has 13 heavy (non-hydrogen) atoms. The predicted molar refractivity (Wildman–Crippen MR) is 44.5 cm³/mol. The van der Waals surface area contributed by atoms with E-state index in [9.17, 15) is 9.18 Å². The Balaban J connectivity index is 0. The smallest absolute Gasteiger partial charge is 1.00 e. The molecule has 0 atom stereocenters. The van der Waals surface area contributed by atoms with Gasteiger partial charge in [0.25, 0.3) is 0 Å². The van der Waals surface area contributed by atoms with Crippen molar-refractivity contribution in [3.8, 4) is 0 Å². The third kappa shape index (κ3) is 3.16. The molecule has 0 aliphatic carbocycles. The van der Waals surface area contributed by atoms with Crippen LogP contribution < -0.4 is 51.4 Å². The van der Waals surface area contributed by atoms with Gasteiger partial charge in [-0.3, -0.25) is 0 Å². The molecule has 0 aromatic heterocycles. The van der Waals surface area contributed by atoms with Crippen molar-refractivity contribution in [1.29, 1.82) is 0 Å². The molecule has 1 aromatic rings. The molecule has 0 fully saturated rings. The van der Waals surface area contributed by atoms with Crippen LogP contribution in [0.15, 0.2) is 12.1 Å². The molecule has 0 bridgehead atoms. The van der Waals surface area contributed by atoms with Gasteiger partial charge in [-0.15, -0.1) is 0 Å². The van der Waals surface area contributed by atoms with Crippen molar-refractivity contribution >= 4 is 29.2 Å². The van der Waals surface area contributed by atoms with Crippen LogP contribution in [0.25, 0.3) is 0 Å². The summed E-state index contributed by atoms with van der Waals surface area (Å²) in [6.07, 6.45) is 0. The van der Waals surface area contributed by atoms with Crippen molar-refractivity contribution < 1.29 is 67.1 Å². The first-order valence-corrected chi connectivity index (χ1v) is 3.66. The van der Waals surface area contributed by atoms with Gasteiger partial charge in [-0.25, -0.2) is 9.18 Å². The summed E-state index contributed by atoms with van der Waals surface area (Å²) in [6, 6.07) is 2.16. The normalized spacial score (nSPS) is 9.15. The Morgan fingerprint density at radius 1 is 1.46 bits per heavy atom. The van der Waals surface area contributed by atoms with E-state index in [2.05, 4.69) is 0 Å². The number of halogens is 3. The minimum Gasteiger partial charge on any atom is -1.00 e. The topological polar surface area (TPSA) is 37.3 Å². The molecule has 0 radical (unpaired) electrons. The molecule has 6 heteroatoms. The van der Waals surface area contributed by atoms with E-state index in [1.54, 1.807) is 0 Å². The second-order valence-corrected chi connectivity index (χ2v) is 2.81. The molecule has 0 heterocycles. The molecular weight excluding hydrogens is 245 g/mol. The molecule has 1 N–H and O–H groups in total. The minimum absolute atomic E-state index is 0. The van der Waals surface area contributed by atoms with E-state index in [1.165, 1.54) is 0 Å². The molecule has 1 rings (SSSR count). The zero-order chi connectivity index (χ0) is 9.30. The maximum Gasteiger partial charge on any atom is 1.00 e. The van der Waals surface area contributed by atoms with Crippen LogP contribution in [0.5, 0.6) is 0 Å². The number of hydrogen-bond donors (Lipinski definition) is 1. The van der Waals surface area contributed by atoms with E-state index in [4.69, 9.17) is 28.3 Å². The summed E-state index contributed by atoms with van der Waals surface area (Å²) in [5.74, 6) is -2.14. The van der Waals surface area contributed by atoms with Crippen LogP contribution in [0.3, 0.4) is 0 Å².